The van der Waals surface area contributed by atoms with Gasteiger partial charge < -0.3 is 10.1 Å². The van der Waals surface area contributed by atoms with Gasteiger partial charge in [0.15, 0.2) is 0 Å². The molecule has 21 heavy (non-hydrogen) atoms. The first kappa shape index (κ1) is 12.6. The molecular weight excluding hydrogens is 330 g/mol. The highest BCUT2D eigenvalue weighted by atomic mass is 79.9. The van der Waals surface area contributed by atoms with Crippen molar-refractivity contribution in [3.05, 3.63) is 63.8 Å². The summed E-state index contributed by atoms with van der Waals surface area (Å²) in [5.74, 6) is 0.760. The first-order chi connectivity index (χ1) is 10.3. The van der Waals surface area contributed by atoms with Gasteiger partial charge in [-0.3, -0.25) is 4.99 Å². The van der Waals surface area contributed by atoms with Gasteiger partial charge >= 0.3 is 0 Å². The summed E-state index contributed by atoms with van der Waals surface area (Å²) in [7, 11) is 0. The molecule has 0 fully saturated rings. The highest BCUT2D eigenvalue weighted by molar-refractivity contribution is 9.10. The van der Waals surface area contributed by atoms with Crippen LogP contribution in [0.3, 0.4) is 0 Å². The second kappa shape index (κ2) is 4.70. The van der Waals surface area contributed by atoms with E-state index in [4.69, 9.17) is 0 Å². The Kier molecular flexibility index (Phi) is 2.82. The third-order valence-electron chi connectivity index (χ3n) is 3.78. The Morgan fingerprint density at radius 1 is 1.10 bits per heavy atom. The summed E-state index contributed by atoms with van der Waals surface area (Å²) in [6.45, 7) is 1.53. The van der Waals surface area contributed by atoms with Crippen LogP contribution < -0.4 is 4.90 Å². The fraction of sp³-hybridized carbons (Fsp3) is 0.125. The molecule has 0 spiro atoms. The maximum absolute atomic E-state index is 12.9. The van der Waals surface area contributed by atoms with Crippen LogP contribution in [0, 0.1) is 5.21 Å². The second-order valence-electron chi connectivity index (χ2n) is 4.97. The molecule has 0 N–H and O–H groups in total. The number of rotatable bonds is 1. The largest absolute Gasteiger partial charge is 0.618 e. The van der Waals surface area contributed by atoms with Crippen molar-refractivity contribution in [2.75, 3.05) is 18.0 Å². The van der Waals surface area contributed by atoms with Crippen LogP contribution in [0.2, 0.25) is 0 Å². The van der Waals surface area contributed by atoms with Crippen LogP contribution in [0.15, 0.2) is 58.0 Å². The maximum Gasteiger partial charge on any atom is 0.268 e. The lowest BCUT2D eigenvalue weighted by Crippen LogP contribution is -2.41. The number of fused-ring (bicyclic) bond motifs is 3. The number of hydrogen-bond acceptors (Lipinski definition) is 3. The average Bonchev–Trinajstić information content (AvgIpc) is 2.99. The van der Waals surface area contributed by atoms with Gasteiger partial charge in [0.05, 0.1) is 12.1 Å². The van der Waals surface area contributed by atoms with Crippen LogP contribution in [0.5, 0.6) is 0 Å². The molecule has 104 valence electrons. The van der Waals surface area contributed by atoms with E-state index in [2.05, 4.69) is 25.8 Å². The second-order valence-corrected chi connectivity index (χ2v) is 5.82. The topological polar surface area (TPSA) is 41.7 Å². The number of halogens is 1. The number of para-hydroxylation sites is 2. The monoisotopic (exact) mass is 341 g/mol. The molecule has 0 amide bonds. The van der Waals surface area contributed by atoms with Crippen molar-refractivity contribution in [2.45, 2.75) is 0 Å². The van der Waals surface area contributed by atoms with Gasteiger partial charge in [-0.25, -0.2) is 0 Å². The van der Waals surface area contributed by atoms with Crippen LogP contribution in [-0.4, -0.2) is 29.4 Å². The number of amidine groups is 1. The lowest BCUT2D eigenvalue weighted by Gasteiger charge is -2.27. The van der Waals surface area contributed by atoms with E-state index in [1.807, 2.05) is 48.5 Å². The van der Waals surface area contributed by atoms with E-state index >= 15 is 0 Å². The summed E-state index contributed by atoms with van der Waals surface area (Å²) in [6, 6.07) is 15.4. The lowest BCUT2D eigenvalue weighted by molar-refractivity contribution is -0.358. The van der Waals surface area contributed by atoms with Crippen LogP contribution in [-0.2, 0) is 0 Å². The van der Waals surface area contributed by atoms with Crippen LogP contribution in [0.1, 0.15) is 5.56 Å². The number of benzene rings is 2. The zero-order valence-electron chi connectivity index (χ0n) is 11.2. The first-order valence-electron chi connectivity index (χ1n) is 6.78. The molecule has 2 aliphatic heterocycles. The summed E-state index contributed by atoms with van der Waals surface area (Å²) in [4.78, 5) is 6.67. The molecule has 5 heteroatoms. The van der Waals surface area contributed by atoms with E-state index in [0.717, 1.165) is 32.8 Å². The van der Waals surface area contributed by atoms with Crippen LogP contribution in [0.25, 0.3) is 0 Å². The van der Waals surface area contributed by atoms with Gasteiger partial charge in [0.25, 0.3) is 5.71 Å². The van der Waals surface area contributed by atoms with Crippen molar-refractivity contribution in [3.8, 4) is 0 Å². The molecule has 0 unspecified atom stereocenters. The third kappa shape index (κ3) is 1.81. The molecular formula is C16H12BrN3O. The minimum atomic E-state index is 0.610. The predicted octanol–water partition coefficient (Wildman–Crippen LogP) is 3.31. The molecule has 2 aromatic rings. The van der Waals surface area contributed by atoms with E-state index < -0.39 is 0 Å². The molecule has 4 rings (SSSR count). The highest BCUT2D eigenvalue weighted by Gasteiger charge is 2.38. The van der Waals surface area contributed by atoms with Gasteiger partial charge in [-0.05, 0) is 34.1 Å². The van der Waals surface area contributed by atoms with Crippen molar-refractivity contribution < 1.29 is 4.74 Å². The van der Waals surface area contributed by atoms with Gasteiger partial charge in [0.2, 0.25) is 11.5 Å². The van der Waals surface area contributed by atoms with Gasteiger partial charge in [0.1, 0.15) is 5.69 Å². The summed E-state index contributed by atoms with van der Waals surface area (Å²) in [6.07, 6.45) is 0. The minimum Gasteiger partial charge on any atom is -0.618 e. The van der Waals surface area contributed by atoms with Crippen LogP contribution >= 0.6 is 15.9 Å². The van der Waals surface area contributed by atoms with E-state index in [-0.39, 0.29) is 0 Å². The summed E-state index contributed by atoms with van der Waals surface area (Å²) < 4.78 is 1.89. The normalized spacial score (nSPS) is 16.6. The molecule has 2 aromatic carbocycles. The summed E-state index contributed by atoms with van der Waals surface area (Å²) in [5, 5.41) is 12.9. The molecule has 0 bridgehead atoms. The molecule has 0 saturated heterocycles. The Bertz CT molecular complexity index is 798. The Hall–Kier alpha value is -2.14. The van der Waals surface area contributed by atoms with Gasteiger partial charge in [0, 0.05) is 17.1 Å². The Balaban J connectivity index is 2.03. The van der Waals surface area contributed by atoms with Crippen molar-refractivity contribution in [1.82, 2.24) is 0 Å². The first-order valence-corrected chi connectivity index (χ1v) is 7.57. The van der Waals surface area contributed by atoms with Gasteiger partial charge in [-0.2, -0.15) is 4.74 Å². The minimum absolute atomic E-state index is 0.610. The molecule has 0 aromatic heterocycles. The van der Waals surface area contributed by atoms with Gasteiger partial charge in [-0.15, -0.1) is 0 Å². The maximum atomic E-state index is 12.9. The Labute approximate surface area is 130 Å². The highest BCUT2D eigenvalue weighted by Crippen LogP contribution is 2.35. The van der Waals surface area contributed by atoms with Gasteiger partial charge in [-0.1, -0.05) is 24.3 Å². The van der Waals surface area contributed by atoms with E-state index in [0.29, 0.717) is 17.9 Å². The number of hydrogen-bond donors (Lipinski definition) is 0. The average molecular weight is 342 g/mol. The van der Waals surface area contributed by atoms with Crippen molar-refractivity contribution in [3.63, 3.8) is 0 Å². The van der Waals surface area contributed by atoms with E-state index in [1.54, 1.807) is 0 Å². The quantitative estimate of drug-likeness (QED) is 0.589. The molecule has 2 aliphatic rings. The van der Waals surface area contributed by atoms with E-state index in [9.17, 15) is 5.21 Å². The number of aliphatic imine (C=N–C) groups is 1. The third-order valence-corrected chi connectivity index (χ3v) is 4.47. The zero-order chi connectivity index (χ0) is 14.4. The molecule has 0 saturated carbocycles. The van der Waals surface area contributed by atoms with Crippen molar-refractivity contribution >= 4 is 38.9 Å². The fourth-order valence-electron chi connectivity index (χ4n) is 2.84. The Morgan fingerprint density at radius 3 is 2.71 bits per heavy atom. The number of anilines is 1. The smallest absolute Gasteiger partial charge is 0.268 e. The van der Waals surface area contributed by atoms with Crippen molar-refractivity contribution in [2.24, 2.45) is 4.99 Å². The van der Waals surface area contributed by atoms with E-state index in [1.165, 1.54) is 0 Å². The molecule has 2 heterocycles. The standard InChI is InChI=1S/C16H12BrN3O/c17-12-6-2-1-5-11(12)15-16-18-9-10-19(16)13-7-3-4-8-14(13)20(15)21/h1-8H,9-10H2. The fourth-order valence-corrected chi connectivity index (χ4v) is 3.32. The zero-order valence-corrected chi connectivity index (χ0v) is 12.7. The summed E-state index contributed by atoms with van der Waals surface area (Å²) in [5.41, 5.74) is 3.08. The number of nitrogens with zero attached hydrogens (tertiary/aromatic N) is 3. The Morgan fingerprint density at radius 2 is 1.86 bits per heavy atom. The lowest BCUT2D eigenvalue weighted by atomic mass is 10.1. The summed E-state index contributed by atoms with van der Waals surface area (Å²) >= 11 is 3.54. The molecule has 0 atom stereocenters. The SMILES string of the molecule is [O-][N+]1=C(c2ccccc2Br)C2=NCCN2c2ccccc21. The molecule has 0 aliphatic carbocycles. The van der Waals surface area contributed by atoms with Crippen molar-refractivity contribution in [1.29, 1.82) is 0 Å². The molecule has 0 radical (unpaired) electrons. The molecule has 4 nitrogen and oxygen atoms in total. The predicted molar refractivity (Wildman–Crippen MR) is 87.6 cm³/mol. The van der Waals surface area contributed by atoms with Crippen LogP contribution in [0.4, 0.5) is 11.4 Å².